The predicted octanol–water partition coefficient (Wildman–Crippen LogP) is 2.66. The third kappa shape index (κ3) is 4.02. The van der Waals surface area contributed by atoms with Gasteiger partial charge in [-0.1, -0.05) is 48.5 Å². The Balaban J connectivity index is 1.88. The van der Waals surface area contributed by atoms with Crippen LogP contribution in [0.15, 0.2) is 69.9 Å². The summed E-state index contributed by atoms with van der Waals surface area (Å²) in [5.74, 6) is -0.252. The van der Waals surface area contributed by atoms with Crippen molar-refractivity contribution in [3.63, 3.8) is 0 Å². The highest BCUT2D eigenvalue weighted by Crippen LogP contribution is 2.20. The van der Waals surface area contributed by atoms with Gasteiger partial charge in [0.1, 0.15) is 11.1 Å². The van der Waals surface area contributed by atoms with Crippen LogP contribution in [0, 0.1) is 0 Å². The molecule has 0 amide bonds. The zero-order valence-corrected chi connectivity index (χ0v) is 13.8. The summed E-state index contributed by atoms with van der Waals surface area (Å²) in [6.45, 7) is 1.05. The molecule has 0 radical (unpaired) electrons. The van der Waals surface area contributed by atoms with Gasteiger partial charge in [-0.3, -0.25) is 4.79 Å². The summed E-state index contributed by atoms with van der Waals surface area (Å²) in [4.78, 5) is 24.9. The summed E-state index contributed by atoms with van der Waals surface area (Å²) < 4.78 is 5.27. The summed E-state index contributed by atoms with van der Waals surface area (Å²) >= 11 is 0. The van der Waals surface area contributed by atoms with Crippen molar-refractivity contribution in [2.24, 2.45) is 5.73 Å². The molecular weight excluding hydrogens is 316 g/mol. The quantitative estimate of drug-likeness (QED) is 0.512. The third-order valence-corrected chi connectivity index (χ3v) is 4.07. The molecule has 0 unspecified atom stereocenters. The Kier molecular flexibility index (Phi) is 5.38. The van der Waals surface area contributed by atoms with E-state index < -0.39 is 5.63 Å². The standard InChI is InChI=1S/C20H20N2O3/c21-10-11-22-17(14-6-2-1-3-7-14)13-18(23)16-12-15-8-4-5-9-19(15)25-20(16)24/h1-9,12,17,22H,10-11,13,21H2/t17-/m1/s1. The van der Waals surface area contributed by atoms with Crippen LogP contribution in [0.4, 0.5) is 0 Å². The Bertz CT molecular complexity index is 919. The number of para-hydroxylation sites is 1. The van der Waals surface area contributed by atoms with E-state index >= 15 is 0 Å². The first-order chi connectivity index (χ1) is 12.2. The molecule has 2 aromatic carbocycles. The summed E-state index contributed by atoms with van der Waals surface area (Å²) in [7, 11) is 0. The molecule has 3 N–H and O–H groups in total. The minimum Gasteiger partial charge on any atom is -0.422 e. The summed E-state index contributed by atoms with van der Waals surface area (Å²) in [5.41, 5.74) is 6.50. The number of benzene rings is 2. The minimum absolute atomic E-state index is 0.0779. The van der Waals surface area contributed by atoms with Crippen molar-refractivity contribution in [1.29, 1.82) is 0 Å². The second kappa shape index (κ2) is 7.88. The van der Waals surface area contributed by atoms with E-state index in [1.54, 1.807) is 18.2 Å². The molecule has 1 atom stereocenters. The van der Waals surface area contributed by atoms with E-state index in [0.717, 1.165) is 10.9 Å². The lowest BCUT2D eigenvalue weighted by Crippen LogP contribution is -2.29. The number of fused-ring (bicyclic) bond motifs is 1. The zero-order valence-electron chi connectivity index (χ0n) is 13.8. The van der Waals surface area contributed by atoms with Gasteiger partial charge in [0.15, 0.2) is 5.78 Å². The van der Waals surface area contributed by atoms with Crippen molar-refractivity contribution in [1.82, 2.24) is 5.32 Å². The first kappa shape index (κ1) is 17.1. The van der Waals surface area contributed by atoms with E-state index in [1.165, 1.54) is 0 Å². The van der Waals surface area contributed by atoms with Crippen LogP contribution in [-0.2, 0) is 0 Å². The van der Waals surface area contributed by atoms with Crippen LogP contribution in [0.25, 0.3) is 11.0 Å². The van der Waals surface area contributed by atoms with Crippen LogP contribution < -0.4 is 16.7 Å². The average molecular weight is 336 g/mol. The lowest BCUT2D eigenvalue weighted by atomic mass is 9.98. The van der Waals surface area contributed by atoms with Crippen LogP contribution >= 0.6 is 0 Å². The molecule has 0 saturated heterocycles. The van der Waals surface area contributed by atoms with Gasteiger partial charge in [-0.2, -0.15) is 0 Å². The Morgan fingerprint density at radius 3 is 2.56 bits per heavy atom. The number of Topliss-reactive ketones (excluding diaryl/α,β-unsaturated/α-hetero) is 1. The van der Waals surface area contributed by atoms with Crippen molar-refractivity contribution in [2.45, 2.75) is 12.5 Å². The van der Waals surface area contributed by atoms with E-state index in [9.17, 15) is 9.59 Å². The fourth-order valence-corrected chi connectivity index (χ4v) is 2.80. The number of carbonyl (C=O) groups is 1. The molecule has 3 rings (SSSR count). The van der Waals surface area contributed by atoms with E-state index in [4.69, 9.17) is 10.2 Å². The van der Waals surface area contributed by atoms with Crippen LogP contribution in [0.3, 0.4) is 0 Å². The second-order valence-corrected chi connectivity index (χ2v) is 5.82. The molecule has 0 saturated carbocycles. The molecule has 0 aliphatic rings. The molecule has 0 spiro atoms. The Morgan fingerprint density at radius 1 is 1.08 bits per heavy atom. The highest BCUT2D eigenvalue weighted by atomic mass is 16.4. The SMILES string of the molecule is NCCN[C@H](CC(=O)c1cc2ccccc2oc1=O)c1ccccc1. The first-order valence-corrected chi connectivity index (χ1v) is 8.23. The number of nitrogens with two attached hydrogens (primary N) is 1. The largest absolute Gasteiger partial charge is 0.422 e. The maximum atomic E-state index is 12.7. The fourth-order valence-electron chi connectivity index (χ4n) is 2.80. The molecule has 5 nitrogen and oxygen atoms in total. The molecule has 0 aliphatic heterocycles. The topological polar surface area (TPSA) is 85.3 Å². The Hall–Kier alpha value is -2.76. The molecule has 1 heterocycles. The zero-order chi connectivity index (χ0) is 17.6. The van der Waals surface area contributed by atoms with E-state index in [0.29, 0.717) is 18.7 Å². The van der Waals surface area contributed by atoms with Crippen molar-refractivity contribution < 1.29 is 9.21 Å². The minimum atomic E-state index is -0.602. The Morgan fingerprint density at radius 2 is 1.80 bits per heavy atom. The average Bonchev–Trinajstić information content (AvgIpc) is 2.65. The molecule has 0 aliphatic carbocycles. The van der Waals surface area contributed by atoms with Crippen molar-refractivity contribution in [3.8, 4) is 0 Å². The fraction of sp³-hybridized carbons (Fsp3) is 0.200. The van der Waals surface area contributed by atoms with Gasteiger partial charge in [-0.15, -0.1) is 0 Å². The molecule has 128 valence electrons. The number of ketones is 1. The molecule has 1 aromatic heterocycles. The van der Waals surface area contributed by atoms with Gasteiger partial charge < -0.3 is 15.5 Å². The number of nitrogens with one attached hydrogen (secondary N) is 1. The number of carbonyl (C=O) groups excluding carboxylic acids is 1. The number of hydrogen-bond donors (Lipinski definition) is 2. The molecule has 0 bridgehead atoms. The van der Waals surface area contributed by atoms with E-state index in [-0.39, 0.29) is 23.8 Å². The normalized spacial score (nSPS) is 12.2. The first-order valence-electron chi connectivity index (χ1n) is 8.23. The lowest BCUT2D eigenvalue weighted by molar-refractivity contribution is 0.0965. The second-order valence-electron chi connectivity index (χ2n) is 5.82. The number of hydrogen-bond acceptors (Lipinski definition) is 5. The monoisotopic (exact) mass is 336 g/mol. The molecule has 5 heteroatoms. The maximum absolute atomic E-state index is 12.7. The summed E-state index contributed by atoms with van der Waals surface area (Å²) in [6, 6.07) is 18.2. The lowest BCUT2D eigenvalue weighted by Gasteiger charge is -2.18. The molecule has 3 aromatic rings. The van der Waals surface area contributed by atoms with Gasteiger partial charge in [0.05, 0.1) is 0 Å². The molecule has 0 fully saturated rings. The van der Waals surface area contributed by atoms with Gasteiger partial charge in [0.2, 0.25) is 0 Å². The summed E-state index contributed by atoms with van der Waals surface area (Å²) in [6.07, 6.45) is 0.160. The van der Waals surface area contributed by atoms with Crippen LogP contribution in [0.1, 0.15) is 28.4 Å². The van der Waals surface area contributed by atoms with E-state index in [2.05, 4.69) is 5.32 Å². The van der Waals surface area contributed by atoms with Crippen LogP contribution in [0.2, 0.25) is 0 Å². The predicted molar refractivity (Wildman–Crippen MR) is 97.7 cm³/mol. The molecular formula is C20H20N2O3. The van der Waals surface area contributed by atoms with Gasteiger partial charge in [-0.05, 0) is 17.7 Å². The van der Waals surface area contributed by atoms with Crippen molar-refractivity contribution >= 4 is 16.8 Å². The highest BCUT2D eigenvalue weighted by Gasteiger charge is 2.20. The Labute approximate surface area is 145 Å². The van der Waals surface area contributed by atoms with Gasteiger partial charge in [0.25, 0.3) is 0 Å². The van der Waals surface area contributed by atoms with Gasteiger partial charge >= 0.3 is 5.63 Å². The maximum Gasteiger partial charge on any atom is 0.347 e. The van der Waals surface area contributed by atoms with Crippen molar-refractivity contribution in [3.05, 3.63) is 82.2 Å². The van der Waals surface area contributed by atoms with Gasteiger partial charge in [0, 0.05) is 30.9 Å². The van der Waals surface area contributed by atoms with E-state index in [1.807, 2.05) is 42.5 Å². The van der Waals surface area contributed by atoms with Crippen LogP contribution in [-0.4, -0.2) is 18.9 Å². The highest BCUT2D eigenvalue weighted by molar-refractivity contribution is 5.98. The smallest absolute Gasteiger partial charge is 0.347 e. The van der Waals surface area contributed by atoms with Gasteiger partial charge in [-0.25, -0.2) is 4.79 Å². The van der Waals surface area contributed by atoms with Crippen LogP contribution in [0.5, 0.6) is 0 Å². The summed E-state index contributed by atoms with van der Waals surface area (Å²) in [5, 5.41) is 4.00. The number of rotatable bonds is 7. The third-order valence-electron chi connectivity index (χ3n) is 4.07. The molecule has 25 heavy (non-hydrogen) atoms. The van der Waals surface area contributed by atoms with Crippen molar-refractivity contribution in [2.75, 3.05) is 13.1 Å².